The zero-order chi connectivity index (χ0) is 14.0. The summed E-state index contributed by atoms with van der Waals surface area (Å²) in [7, 11) is 0. The summed E-state index contributed by atoms with van der Waals surface area (Å²) in [5.41, 5.74) is 7.61. The second-order valence-corrected chi connectivity index (χ2v) is 5.80. The fourth-order valence-corrected chi connectivity index (χ4v) is 2.19. The third-order valence-corrected chi connectivity index (χ3v) is 4.16. The number of aromatic nitrogens is 1. The first-order chi connectivity index (χ1) is 8.98. The van der Waals surface area contributed by atoms with E-state index in [-0.39, 0.29) is 5.54 Å². The van der Waals surface area contributed by atoms with Crippen LogP contribution in [-0.4, -0.2) is 17.1 Å². The first-order valence-electron chi connectivity index (χ1n) is 6.49. The van der Waals surface area contributed by atoms with Crippen molar-refractivity contribution in [3.8, 4) is 0 Å². The van der Waals surface area contributed by atoms with Crippen molar-refractivity contribution in [3.63, 3.8) is 0 Å². The summed E-state index contributed by atoms with van der Waals surface area (Å²) >= 11 is 6.20. The highest BCUT2D eigenvalue weighted by Crippen LogP contribution is 2.31. The summed E-state index contributed by atoms with van der Waals surface area (Å²) in [5, 5.41) is 5.20. The van der Waals surface area contributed by atoms with Crippen LogP contribution in [0.3, 0.4) is 0 Å². The Labute approximate surface area is 119 Å². The molecule has 0 aliphatic rings. The Hall–Kier alpha value is -1.32. The molecule has 0 saturated heterocycles. The Morgan fingerprint density at radius 3 is 2.74 bits per heavy atom. The van der Waals surface area contributed by atoms with Crippen LogP contribution in [0.5, 0.6) is 0 Å². The number of nitrogens with one attached hydrogen (secondary N) is 1. The minimum absolute atomic E-state index is 0.168. The van der Waals surface area contributed by atoms with Gasteiger partial charge in [-0.3, -0.25) is 4.98 Å². The van der Waals surface area contributed by atoms with Gasteiger partial charge in [0, 0.05) is 23.7 Å². The molecule has 0 spiro atoms. The van der Waals surface area contributed by atoms with Crippen LogP contribution < -0.4 is 11.1 Å². The lowest BCUT2D eigenvalue weighted by atomic mass is 9.88. The molecule has 19 heavy (non-hydrogen) atoms. The van der Waals surface area contributed by atoms with E-state index in [9.17, 15) is 0 Å². The monoisotopic (exact) mass is 277 g/mol. The minimum atomic E-state index is -0.168. The Balaban J connectivity index is 2.49. The van der Waals surface area contributed by atoms with Crippen LogP contribution in [0.1, 0.15) is 20.8 Å². The molecule has 2 rings (SSSR count). The summed E-state index contributed by atoms with van der Waals surface area (Å²) in [5.74, 6) is 0.409. The quantitative estimate of drug-likeness (QED) is 0.896. The van der Waals surface area contributed by atoms with E-state index in [1.54, 1.807) is 6.20 Å². The van der Waals surface area contributed by atoms with Gasteiger partial charge in [-0.15, -0.1) is 0 Å². The van der Waals surface area contributed by atoms with Crippen molar-refractivity contribution < 1.29 is 0 Å². The van der Waals surface area contributed by atoms with Gasteiger partial charge in [0.1, 0.15) is 0 Å². The zero-order valence-corrected chi connectivity index (χ0v) is 12.3. The summed E-state index contributed by atoms with van der Waals surface area (Å²) in [6.07, 6.45) is 1.78. The van der Waals surface area contributed by atoms with Crippen molar-refractivity contribution in [2.45, 2.75) is 26.3 Å². The number of halogens is 1. The predicted octanol–water partition coefficient (Wildman–Crippen LogP) is 3.67. The van der Waals surface area contributed by atoms with Crippen molar-refractivity contribution in [1.82, 2.24) is 4.98 Å². The standard InChI is InChI=1S/C15H20ClN3/c1-10(2)15(3,9-17)19-13-7-6-12(16)11-5-4-8-18-14(11)13/h4-8,10,19H,9,17H2,1-3H3. The molecule has 2 aromatic rings. The molecule has 1 aromatic heterocycles. The van der Waals surface area contributed by atoms with E-state index in [0.29, 0.717) is 17.5 Å². The fraction of sp³-hybridized carbons (Fsp3) is 0.400. The highest BCUT2D eigenvalue weighted by atomic mass is 35.5. The molecule has 0 fully saturated rings. The Morgan fingerprint density at radius 2 is 2.11 bits per heavy atom. The van der Waals surface area contributed by atoms with Crippen LogP contribution in [-0.2, 0) is 0 Å². The number of hydrogen-bond acceptors (Lipinski definition) is 3. The minimum Gasteiger partial charge on any atom is -0.377 e. The summed E-state index contributed by atoms with van der Waals surface area (Å²) < 4.78 is 0. The van der Waals surface area contributed by atoms with Crippen molar-refractivity contribution >= 4 is 28.2 Å². The molecule has 1 heterocycles. The number of anilines is 1. The van der Waals surface area contributed by atoms with E-state index in [2.05, 4.69) is 31.1 Å². The first-order valence-corrected chi connectivity index (χ1v) is 6.87. The zero-order valence-electron chi connectivity index (χ0n) is 11.6. The highest BCUT2D eigenvalue weighted by molar-refractivity contribution is 6.35. The van der Waals surface area contributed by atoms with Crippen molar-refractivity contribution in [2.24, 2.45) is 11.7 Å². The highest BCUT2D eigenvalue weighted by Gasteiger charge is 2.27. The van der Waals surface area contributed by atoms with E-state index in [1.165, 1.54) is 0 Å². The van der Waals surface area contributed by atoms with E-state index in [4.69, 9.17) is 17.3 Å². The van der Waals surface area contributed by atoms with Gasteiger partial charge in [-0.2, -0.15) is 0 Å². The lowest BCUT2D eigenvalue weighted by Crippen LogP contribution is -2.47. The van der Waals surface area contributed by atoms with E-state index >= 15 is 0 Å². The third kappa shape index (κ3) is 2.67. The molecule has 0 saturated carbocycles. The number of benzene rings is 1. The number of fused-ring (bicyclic) bond motifs is 1. The third-order valence-electron chi connectivity index (χ3n) is 3.83. The molecular formula is C15H20ClN3. The SMILES string of the molecule is CC(C)C(C)(CN)Nc1ccc(Cl)c2cccnc12. The molecule has 0 radical (unpaired) electrons. The molecule has 3 nitrogen and oxygen atoms in total. The van der Waals surface area contributed by atoms with E-state index in [0.717, 1.165) is 16.6 Å². The molecule has 0 bridgehead atoms. The second-order valence-electron chi connectivity index (χ2n) is 5.40. The van der Waals surface area contributed by atoms with Gasteiger partial charge in [0.15, 0.2) is 0 Å². The average Bonchev–Trinajstić information content (AvgIpc) is 2.42. The van der Waals surface area contributed by atoms with Crippen molar-refractivity contribution in [1.29, 1.82) is 0 Å². The Kier molecular flexibility index (Phi) is 3.97. The van der Waals surface area contributed by atoms with Gasteiger partial charge in [0.25, 0.3) is 0 Å². The van der Waals surface area contributed by atoms with Gasteiger partial charge >= 0.3 is 0 Å². The molecule has 1 atom stereocenters. The maximum atomic E-state index is 6.20. The largest absolute Gasteiger partial charge is 0.377 e. The lowest BCUT2D eigenvalue weighted by Gasteiger charge is -2.35. The number of nitrogens with zero attached hydrogens (tertiary/aromatic N) is 1. The van der Waals surface area contributed by atoms with Crippen LogP contribution in [0.2, 0.25) is 5.02 Å². The first kappa shape index (κ1) is 14.1. The Bertz CT molecular complexity index is 583. The summed E-state index contributed by atoms with van der Waals surface area (Å²) in [6.45, 7) is 7.00. The van der Waals surface area contributed by atoms with Gasteiger partial charge < -0.3 is 11.1 Å². The number of nitrogens with two attached hydrogens (primary N) is 1. The van der Waals surface area contributed by atoms with Gasteiger partial charge in [-0.25, -0.2) is 0 Å². The molecule has 1 aromatic carbocycles. The number of pyridine rings is 1. The predicted molar refractivity (Wildman–Crippen MR) is 82.7 cm³/mol. The van der Waals surface area contributed by atoms with Crippen LogP contribution >= 0.6 is 11.6 Å². The maximum Gasteiger partial charge on any atom is 0.0948 e. The Morgan fingerprint density at radius 1 is 1.37 bits per heavy atom. The molecule has 1 unspecified atom stereocenters. The normalized spacial score (nSPS) is 14.6. The molecule has 3 N–H and O–H groups in total. The van der Waals surface area contributed by atoms with E-state index in [1.807, 2.05) is 24.3 Å². The van der Waals surface area contributed by atoms with Gasteiger partial charge in [0.05, 0.1) is 16.2 Å². The van der Waals surface area contributed by atoms with Gasteiger partial charge in [-0.1, -0.05) is 25.4 Å². The molecular weight excluding hydrogens is 258 g/mol. The molecule has 0 aliphatic heterocycles. The van der Waals surface area contributed by atoms with Crippen molar-refractivity contribution in [2.75, 3.05) is 11.9 Å². The molecule has 0 amide bonds. The lowest BCUT2D eigenvalue weighted by molar-refractivity contribution is 0.383. The molecule has 102 valence electrons. The molecule has 0 aliphatic carbocycles. The maximum absolute atomic E-state index is 6.20. The smallest absolute Gasteiger partial charge is 0.0948 e. The summed E-state index contributed by atoms with van der Waals surface area (Å²) in [6, 6.07) is 7.73. The average molecular weight is 278 g/mol. The number of hydrogen-bond donors (Lipinski definition) is 2. The number of rotatable bonds is 4. The summed E-state index contributed by atoms with van der Waals surface area (Å²) in [4.78, 5) is 4.43. The van der Waals surface area contributed by atoms with Crippen LogP contribution in [0.4, 0.5) is 5.69 Å². The van der Waals surface area contributed by atoms with Gasteiger partial charge in [0.2, 0.25) is 0 Å². The molecule has 4 heteroatoms. The van der Waals surface area contributed by atoms with E-state index < -0.39 is 0 Å². The van der Waals surface area contributed by atoms with Crippen LogP contribution in [0.25, 0.3) is 10.9 Å². The second kappa shape index (κ2) is 5.35. The van der Waals surface area contributed by atoms with Crippen molar-refractivity contribution in [3.05, 3.63) is 35.5 Å². The van der Waals surface area contributed by atoms with Crippen LogP contribution in [0.15, 0.2) is 30.5 Å². The van der Waals surface area contributed by atoms with Crippen LogP contribution in [0, 0.1) is 5.92 Å². The van der Waals surface area contributed by atoms with Gasteiger partial charge in [-0.05, 0) is 37.1 Å². The topological polar surface area (TPSA) is 50.9 Å². The fourth-order valence-electron chi connectivity index (χ4n) is 1.98.